The first-order valence-corrected chi connectivity index (χ1v) is 5.99. The van der Waals surface area contributed by atoms with Crippen molar-refractivity contribution in [3.63, 3.8) is 0 Å². The lowest BCUT2D eigenvalue weighted by Gasteiger charge is -2.14. The van der Waals surface area contributed by atoms with Gasteiger partial charge >= 0.3 is 5.97 Å². The molecule has 1 atom stereocenters. The highest BCUT2D eigenvalue weighted by atomic mass is 16.5. The van der Waals surface area contributed by atoms with Gasteiger partial charge < -0.3 is 19.9 Å². The Morgan fingerprint density at radius 1 is 1.39 bits per heavy atom. The van der Waals surface area contributed by atoms with E-state index in [-0.39, 0.29) is 0 Å². The van der Waals surface area contributed by atoms with E-state index >= 15 is 0 Å². The predicted octanol–water partition coefficient (Wildman–Crippen LogP) is 1.24. The molecular weight excluding hydrogens is 234 g/mol. The van der Waals surface area contributed by atoms with E-state index in [0.29, 0.717) is 31.3 Å². The molecule has 0 radical (unpaired) electrons. The van der Waals surface area contributed by atoms with Gasteiger partial charge in [0.2, 0.25) is 0 Å². The molecule has 1 aliphatic rings. The van der Waals surface area contributed by atoms with Gasteiger partial charge in [0.25, 0.3) is 0 Å². The Kier molecular flexibility index (Phi) is 4.04. The molecule has 0 bridgehead atoms. The first-order chi connectivity index (χ1) is 8.72. The van der Waals surface area contributed by atoms with Crippen LogP contribution in [0.2, 0.25) is 0 Å². The minimum atomic E-state index is -0.848. The van der Waals surface area contributed by atoms with Gasteiger partial charge in [-0.05, 0) is 24.7 Å². The molecule has 5 nitrogen and oxygen atoms in total. The van der Waals surface area contributed by atoms with E-state index in [0.717, 1.165) is 12.0 Å². The first-order valence-electron chi connectivity index (χ1n) is 5.99. The van der Waals surface area contributed by atoms with Crippen LogP contribution in [0.5, 0.6) is 11.5 Å². The molecule has 2 rings (SSSR count). The SMILES string of the molecule is CNCC(C(=O)O)c1ccc2c(c1)OCCCO2. The Hall–Kier alpha value is -1.75. The van der Waals surface area contributed by atoms with Crippen molar-refractivity contribution in [1.29, 1.82) is 0 Å². The smallest absolute Gasteiger partial charge is 0.312 e. The zero-order valence-electron chi connectivity index (χ0n) is 10.3. The maximum absolute atomic E-state index is 11.2. The predicted molar refractivity (Wildman–Crippen MR) is 66.4 cm³/mol. The van der Waals surface area contributed by atoms with Crippen LogP contribution in [0.25, 0.3) is 0 Å². The number of carboxylic acid groups (broad SMARTS) is 1. The van der Waals surface area contributed by atoms with Gasteiger partial charge in [0, 0.05) is 13.0 Å². The summed E-state index contributed by atoms with van der Waals surface area (Å²) >= 11 is 0. The highest BCUT2D eigenvalue weighted by Crippen LogP contribution is 2.32. The average molecular weight is 251 g/mol. The maximum Gasteiger partial charge on any atom is 0.312 e. The summed E-state index contributed by atoms with van der Waals surface area (Å²) in [5.74, 6) is -0.108. The Balaban J connectivity index is 2.28. The summed E-state index contributed by atoms with van der Waals surface area (Å²) in [7, 11) is 1.74. The van der Waals surface area contributed by atoms with Crippen molar-refractivity contribution in [2.75, 3.05) is 26.8 Å². The van der Waals surface area contributed by atoms with Gasteiger partial charge in [-0.3, -0.25) is 4.79 Å². The quantitative estimate of drug-likeness (QED) is 0.842. The zero-order chi connectivity index (χ0) is 13.0. The average Bonchev–Trinajstić information content (AvgIpc) is 2.59. The number of benzene rings is 1. The normalized spacial score (nSPS) is 15.8. The summed E-state index contributed by atoms with van der Waals surface area (Å²) in [6.45, 7) is 1.61. The topological polar surface area (TPSA) is 67.8 Å². The van der Waals surface area contributed by atoms with Gasteiger partial charge in [-0.2, -0.15) is 0 Å². The third-order valence-corrected chi connectivity index (χ3v) is 2.88. The van der Waals surface area contributed by atoms with Crippen molar-refractivity contribution in [1.82, 2.24) is 5.32 Å². The van der Waals surface area contributed by atoms with Crippen LogP contribution < -0.4 is 14.8 Å². The summed E-state index contributed by atoms with van der Waals surface area (Å²) in [6.07, 6.45) is 0.836. The molecule has 1 aromatic carbocycles. The van der Waals surface area contributed by atoms with Crippen LogP contribution in [-0.2, 0) is 4.79 Å². The van der Waals surface area contributed by atoms with Crippen molar-refractivity contribution in [2.45, 2.75) is 12.3 Å². The lowest BCUT2D eigenvalue weighted by molar-refractivity contribution is -0.138. The molecule has 1 heterocycles. The first kappa shape index (κ1) is 12.7. The van der Waals surface area contributed by atoms with Crippen LogP contribution in [0.1, 0.15) is 17.9 Å². The molecule has 0 aromatic heterocycles. The molecule has 98 valence electrons. The van der Waals surface area contributed by atoms with Crippen molar-refractivity contribution in [3.05, 3.63) is 23.8 Å². The molecular formula is C13H17NO4. The summed E-state index contributed by atoms with van der Waals surface area (Å²) in [6, 6.07) is 5.32. The van der Waals surface area contributed by atoms with Gasteiger partial charge in [0.1, 0.15) is 0 Å². The fourth-order valence-corrected chi connectivity index (χ4v) is 1.95. The largest absolute Gasteiger partial charge is 0.490 e. The monoisotopic (exact) mass is 251 g/mol. The summed E-state index contributed by atoms with van der Waals surface area (Å²) < 4.78 is 11.1. The fraction of sp³-hybridized carbons (Fsp3) is 0.462. The Labute approximate surface area is 106 Å². The van der Waals surface area contributed by atoms with Gasteiger partial charge in [-0.1, -0.05) is 6.07 Å². The third-order valence-electron chi connectivity index (χ3n) is 2.88. The highest BCUT2D eigenvalue weighted by Gasteiger charge is 2.21. The highest BCUT2D eigenvalue weighted by molar-refractivity contribution is 5.76. The van der Waals surface area contributed by atoms with Crippen molar-refractivity contribution < 1.29 is 19.4 Å². The number of hydrogen-bond acceptors (Lipinski definition) is 4. The Morgan fingerprint density at radius 3 is 2.78 bits per heavy atom. The van der Waals surface area contributed by atoms with Crippen LogP contribution in [0, 0.1) is 0 Å². The maximum atomic E-state index is 11.2. The lowest BCUT2D eigenvalue weighted by Crippen LogP contribution is -2.24. The number of fused-ring (bicyclic) bond motifs is 1. The molecule has 1 aliphatic heterocycles. The summed E-state index contributed by atoms with van der Waals surface area (Å²) in [5.41, 5.74) is 0.723. The molecule has 0 saturated carbocycles. The lowest BCUT2D eigenvalue weighted by atomic mass is 9.99. The number of likely N-dealkylation sites (N-methyl/N-ethyl adjacent to an activating group) is 1. The number of rotatable bonds is 4. The zero-order valence-corrected chi connectivity index (χ0v) is 10.3. The standard InChI is InChI=1S/C13H17NO4/c1-14-8-10(13(15)16)9-3-4-11-12(7-9)18-6-2-5-17-11/h3-4,7,10,14H,2,5-6,8H2,1H3,(H,15,16). The van der Waals surface area contributed by atoms with Crippen LogP contribution in [0.3, 0.4) is 0 Å². The van der Waals surface area contributed by atoms with Crippen molar-refractivity contribution in [2.24, 2.45) is 0 Å². The number of aliphatic carboxylic acids is 1. The van der Waals surface area contributed by atoms with Crippen LogP contribution >= 0.6 is 0 Å². The summed E-state index contributed by atoms with van der Waals surface area (Å²) in [4.78, 5) is 11.2. The molecule has 0 fully saturated rings. The van der Waals surface area contributed by atoms with Gasteiger partial charge in [0.05, 0.1) is 19.1 Å². The molecule has 0 saturated heterocycles. The van der Waals surface area contributed by atoms with Crippen molar-refractivity contribution in [3.8, 4) is 11.5 Å². The van der Waals surface area contributed by atoms with E-state index < -0.39 is 11.9 Å². The van der Waals surface area contributed by atoms with Crippen LogP contribution in [0.15, 0.2) is 18.2 Å². The molecule has 5 heteroatoms. The van der Waals surface area contributed by atoms with E-state index in [1.807, 2.05) is 0 Å². The van der Waals surface area contributed by atoms with E-state index in [1.54, 1.807) is 25.2 Å². The van der Waals surface area contributed by atoms with Gasteiger partial charge in [-0.15, -0.1) is 0 Å². The second-order valence-corrected chi connectivity index (χ2v) is 4.21. The van der Waals surface area contributed by atoms with Gasteiger partial charge in [-0.25, -0.2) is 0 Å². The second-order valence-electron chi connectivity index (χ2n) is 4.21. The number of carbonyl (C=O) groups is 1. The number of ether oxygens (including phenoxy) is 2. The minimum absolute atomic E-state index is 0.384. The van der Waals surface area contributed by atoms with Gasteiger partial charge in [0.15, 0.2) is 11.5 Å². The second kappa shape index (κ2) is 5.73. The molecule has 0 spiro atoms. The fourth-order valence-electron chi connectivity index (χ4n) is 1.95. The molecule has 0 aliphatic carbocycles. The summed E-state index contributed by atoms with van der Waals surface area (Å²) in [5, 5.41) is 12.1. The van der Waals surface area contributed by atoms with E-state index in [4.69, 9.17) is 9.47 Å². The van der Waals surface area contributed by atoms with E-state index in [2.05, 4.69) is 5.32 Å². The molecule has 2 N–H and O–H groups in total. The third kappa shape index (κ3) is 2.73. The molecule has 1 unspecified atom stereocenters. The Morgan fingerprint density at radius 2 is 2.11 bits per heavy atom. The molecule has 1 aromatic rings. The minimum Gasteiger partial charge on any atom is -0.490 e. The molecule has 18 heavy (non-hydrogen) atoms. The number of carboxylic acids is 1. The van der Waals surface area contributed by atoms with E-state index in [9.17, 15) is 9.90 Å². The molecule has 0 amide bonds. The van der Waals surface area contributed by atoms with E-state index in [1.165, 1.54) is 0 Å². The number of nitrogens with one attached hydrogen (secondary N) is 1. The van der Waals surface area contributed by atoms with Crippen LogP contribution in [-0.4, -0.2) is 37.9 Å². The van der Waals surface area contributed by atoms with Crippen LogP contribution in [0.4, 0.5) is 0 Å². The Bertz CT molecular complexity index is 433. The number of hydrogen-bond donors (Lipinski definition) is 2. The van der Waals surface area contributed by atoms with Crippen molar-refractivity contribution >= 4 is 5.97 Å².